The predicted octanol–water partition coefficient (Wildman–Crippen LogP) is 3.07. The summed E-state index contributed by atoms with van der Waals surface area (Å²) in [7, 11) is 1.51. The van der Waals surface area contributed by atoms with Crippen molar-refractivity contribution in [1.82, 2.24) is 24.7 Å². The summed E-state index contributed by atoms with van der Waals surface area (Å²) in [5.41, 5.74) is 3.05. The van der Waals surface area contributed by atoms with E-state index in [0.717, 1.165) is 27.3 Å². The number of aryl methyl sites for hydroxylation is 2. The van der Waals surface area contributed by atoms with Gasteiger partial charge in [0.05, 0.1) is 7.11 Å². The van der Waals surface area contributed by atoms with E-state index in [0.29, 0.717) is 11.4 Å². The molecule has 218 valence electrons. The van der Waals surface area contributed by atoms with Gasteiger partial charge in [0.2, 0.25) is 5.95 Å². The molecule has 12 nitrogen and oxygen atoms in total. The number of carbonyl (C=O) groups excluding carboxylic acids is 1. The number of aromatic nitrogens is 3. The van der Waals surface area contributed by atoms with Gasteiger partial charge in [0.15, 0.2) is 5.82 Å². The number of hydrogen-bond acceptors (Lipinski definition) is 10. The highest BCUT2D eigenvalue weighted by atomic mass is 32.2. The number of allylic oxidation sites excluding steroid dienone is 1. The first-order valence-electron chi connectivity index (χ1n) is 12.1. The molecule has 3 N–H and O–H groups in total. The fourth-order valence-electron chi connectivity index (χ4n) is 4.18. The number of benzene rings is 1. The van der Waals surface area contributed by atoms with Crippen LogP contribution >= 0.6 is 0 Å². The molecule has 4 rings (SSSR count). The van der Waals surface area contributed by atoms with E-state index in [9.17, 15) is 31.5 Å². The SMILES string of the molecule is CCn1cc(-c2cnc(Nc3cc(C)cc(OC)c3)nc2N2NC(C(F)(F)F)C=C2C)cc(C(=O)NS(=O)[O-])c1=O. The van der Waals surface area contributed by atoms with Crippen molar-refractivity contribution < 1.29 is 31.5 Å². The molecule has 1 amide bonds. The van der Waals surface area contributed by atoms with E-state index in [4.69, 9.17) is 4.74 Å². The van der Waals surface area contributed by atoms with Gasteiger partial charge in [-0.3, -0.25) is 23.5 Å². The molecule has 41 heavy (non-hydrogen) atoms. The minimum atomic E-state index is -4.60. The summed E-state index contributed by atoms with van der Waals surface area (Å²) in [5, 5.41) is 4.14. The average molecular weight is 593 g/mol. The van der Waals surface area contributed by atoms with Gasteiger partial charge in [-0.15, -0.1) is 0 Å². The molecule has 1 aliphatic rings. The van der Waals surface area contributed by atoms with Crippen LogP contribution in [-0.2, 0) is 17.8 Å². The third-order valence-electron chi connectivity index (χ3n) is 6.06. The number of alkyl halides is 3. The number of amides is 1. The lowest BCUT2D eigenvalue weighted by Gasteiger charge is -2.25. The molecule has 16 heteroatoms. The van der Waals surface area contributed by atoms with Gasteiger partial charge < -0.3 is 19.2 Å². The molecule has 0 radical (unpaired) electrons. The van der Waals surface area contributed by atoms with Gasteiger partial charge in [-0.2, -0.15) is 18.2 Å². The monoisotopic (exact) mass is 592 g/mol. The second-order valence-electron chi connectivity index (χ2n) is 8.99. The van der Waals surface area contributed by atoms with Crippen LogP contribution in [0.25, 0.3) is 11.1 Å². The molecule has 2 aromatic heterocycles. The molecule has 0 saturated heterocycles. The number of rotatable bonds is 8. The molecule has 1 aliphatic heterocycles. The Kier molecular flexibility index (Phi) is 8.46. The summed E-state index contributed by atoms with van der Waals surface area (Å²) in [4.78, 5) is 34.1. The van der Waals surface area contributed by atoms with Crippen molar-refractivity contribution >= 4 is 34.6 Å². The van der Waals surface area contributed by atoms with Crippen LogP contribution in [0.1, 0.15) is 29.8 Å². The minimum Gasteiger partial charge on any atom is -0.755 e. The molecule has 0 saturated carbocycles. The molecule has 1 aromatic carbocycles. The summed E-state index contributed by atoms with van der Waals surface area (Å²) >= 11 is -2.99. The summed E-state index contributed by atoms with van der Waals surface area (Å²) in [6, 6.07) is 4.42. The van der Waals surface area contributed by atoms with Crippen LogP contribution < -0.4 is 30.8 Å². The normalized spacial score (nSPS) is 15.9. The van der Waals surface area contributed by atoms with Crippen LogP contribution in [0.2, 0.25) is 0 Å². The largest absolute Gasteiger partial charge is 0.755 e. The van der Waals surface area contributed by atoms with E-state index in [-0.39, 0.29) is 35.1 Å². The minimum absolute atomic E-state index is 0.0253. The maximum atomic E-state index is 13.6. The topological polar surface area (TPSA) is 154 Å². The van der Waals surface area contributed by atoms with E-state index in [2.05, 4.69) is 20.7 Å². The predicted molar refractivity (Wildman–Crippen MR) is 144 cm³/mol. The Balaban J connectivity index is 1.87. The van der Waals surface area contributed by atoms with Gasteiger partial charge in [0, 0.05) is 58.8 Å². The Bertz CT molecular complexity index is 1610. The molecular formula is C25H25F3N7O5S-. The third kappa shape index (κ3) is 6.55. The lowest BCUT2D eigenvalue weighted by atomic mass is 10.1. The van der Waals surface area contributed by atoms with Gasteiger partial charge in [0.25, 0.3) is 11.5 Å². The Hall–Kier alpha value is -4.28. The molecule has 2 unspecified atom stereocenters. The highest BCUT2D eigenvalue weighted by Crippen LogP contribution is 2.35. The maximum Gasteiger partial charge on any atom is 0.409 e. The van der Waals surface area contributed by atoms with E-state index in [1.807, 2.05) is 6.92 Å². The number of methoxy groups -OCH3 is 1. The standard InChI is InChI=1S/C25H26F3N7O5S/c1-5-34-12-15(9-18(23(34)37)22(36)33-41(38)39)19-11-29-24(30-16-6-13(2)7-17(10-16)40-4)31-21(19)35-14(3)8-20(32-35)25(26,27)28/h6-12,20,32H,5H2,1-4H3,(H,33,36)(H,38,39)(H,29,30,31)/p-1. The zero-order valence-corrected chi connectivity index (χ0v) is 23.0. The number of hydrazine groups is 1. The van der Waals surface area contributed by atoms with Crippen LogP contribution in [-0.4, -0.2) is 48.5 Å². The lowest BCUT2D eigenvalue weighted by Crippen LogP contribution is -2.45. The Morgan fingerprint density at radius 2 is 1.98 bits per heavy atom. The van der Waals surface area contributed by atoms with Crippen molar-refractivity contribution in [2.75, 3.05) is 17.4 Å². The Morgan fingerprint density at radius 1 is 1.24 bits per heavy atom. The summed E-state index contributed by atoms with van der Waals surface area (Å²) in [5.74, 6) is -0.606. The van der Waals surface area contributed by atoms with Crippen molar-refractivity contribution in [2.24, 2.45) is 0 Å². The molecule has 0 spiro atoms. The molecule has 0 bridgehead atoms. The molecule has 3 heterocycles. The summed E-state index contributed by atoms with van der Waals surface area (Å²) in [6.07, 6.45) is -0.915. The average Bonchev–Trinajstić information content (AvgIpc) is 3.30. The van der Waals surface area contributed by atoms with Crippen LogP contribution in [0.15, 0.2) is 53.2 Å². The molecule has 3 aromatic rings. The molecule has 2 atom stereocenters. The van der Waals surface area contributed by atoms with Gasteiger partial charge in [-0.1, -0.05) is 0 Å². The van der Waals surface area contributed by atoms with Crippen LogP contribution in [0.5, 0.6) is 5.75 Å². The van der Waals surface area contributed by atoms with Crippen molar-refractivity contribution in [3.8, 4) is 16.9 Å². The quantitative estimate of drug-likeness (QED) is 0.333. The summed E-state index contributed by atoms with van der Waals surface area (Å²) in [6.45, 7) is 5.04. The van der Waals surface area contributed by atoms with Crippen LogP contribution in [0.3, 0.4) is 0 Å². The maximum absolute atomic E-state index is 13.6. The zero-order chi connectivity index (χ0) is 30.1. The fraction of sp³-hybridized carbons (Fsp3) is 0.280. The van der Waals surface area contributed by atoms with Crippen LogP contribution in [0.4, 0.5) is 30.6 Å². The Morgan fingerprint density at radius 3 is 2.59 bits per heavy atom. The highest BCUT2D eigenvalue weighted by molar-refractivity contribution is 7.77. The molecule has 0 aliphatic carbocycles. The van der Waals surface area contributed by atoms with Gasteiger partial charge >= 0.3 is 6.18 Å². The van der Waals surface area contributed by atoms with Crippen molar-refractivity contribution in [1.29, 1.82) is 0 Å². The van der Waals surface area contributed by atoms with Gasteiger partial charge in [0.1, 0.15) is 17.4 Å². The fourth-order valence-corrected chi connectivity index (χ4v) is 4.44. The number of pyridine rings is 1. The second kappa shape index (κ2) is 11.7. The Labute approximate surface area is 234 Å². The van der Waals surface area contributed by atoms with Crippen molar-refractivity contribution in [2.45, 2.75) is 39.5 Å². The van der Waals surface area contributed by atoms with E-state index in [1.54, 1.807) is 29.8 Å². The van der Waals surface area contributed by atoms with Crippen LogP contribution in [0, 0.1) is 6.92 Å². The number of ether oxygens (including phenoxy) is 1. The number of anilines is 3. The van der Waals surface area contributed by atoms with Crippen molar-refractivity contribution in [3.05, 3.63) is 69.9 Å². The first-order chi connectivity index (χ1) is 19.3. The summed E-state index contributed by atoms with van der Waals surface area (Å²) < 4.78 is 70.9. The molecule has 0 fully saturated rings. The first kappa shape index (κ1) is 29.7. The first-order valence-corrected chi connectivity index (χ1v) is 13.1. The van der Waals surface area contributed by atoms with Gasteiger partial charge in [-0.25, -0.2) is 10.4 Å². The number of carbonyl (C=O) groups is 1. The zero-order valence-electron chi connectivity index (χ0n) is 22.2. The second-order valence-corrected chi connectivity index (χ2v) is 9.66. The highest BCUT2D eigenvalue weighted by Gasteiger charge is 2.43. The number of halogens is 3. The smallest absolute Gasteiger partial charge is 0.409 e. The van der Waals surface area contributed by atoms with E-state index in [1.165, 1.54) is 26.4 Å². The van der Waals surface area contributed by atoms with Crippen molar-refractivity contribution in [3.63, 3.8) is 0 Å². The number of nitrogens with zero attached hydrogens (tertiary/aromatic N) is 4. The lowest BCUT2D eigenvalue weighted by molar-refractivity contribution is -0.142. The van der Waals surface area contributed by atoms with E-state index < -0.39 is 40.5 Å². The number of nitrogens with one attached hydrogen (secondary N) is 3. The van der Waals surface area contributed by atoms with E-state index >= 15 is 0 Å². The van der Waals surface area contributed by atoms with Gasteiger partial charge in [-0.05, 0) is 50.6 Å². The number of hydrogen-bond donors (Lipinski definition) is 3. The third-order valence-corrected chi connectivity index (χ3v) is 6.41. The molecular weight excluding hydrogens is 567 g/mol.